The molecular formula is C23H33N3O2. The fourth-order valence-corrected chi connectivity index (χ4v) is 6.23. The molecule has 5 heteroatoms. The van der Waals surface area contributed by atoms with Crippen LogP contribution in [0, 0.1) is 5.41 Å². The van der Waals surface area contributed by atoms with Gasteiger partial charge in [0, 0.05) is 38.3 Å². The number of hydrogen-bond acceptors (Lipinski definition) is 4. The van der Waals surface area contributed by atoms with Gasteiger partial charge in [-0.25, -0.2) is 0 Å². The Kier molecular flexibility index (Phi) is 4.73. The molecule has 0 radical (unpaired) electrons. The van der Waals surface area contributed by atoms with Crippen LogP contribution < -0.4 is 5.32 Å². The summed E-state index contributed by atoms with van der Waals surface area (Å²) in [5.74, 6) is 0.384. The SMILES string of the molecule is CN1CCOC2(CCN(C(=O)[C@]3(Cc4ccccc4)C[C@@H]4CC[C@H]3N4)CC2)C1. The molecule has 1 aromatic rings. The Morgan fingerprint density at radius 1 is 1.18 bits per heavy atom. The van der Waals surface area contributed by atoms with Crippen LogP contribution in [0.4, 0.5) is 0 Å². The lowest BCUT2D eigenvalue weighted by molar-refractivity contribution is -0.157. The van der Waals surface area contributed by atoms with Gasteiger partial charge in [0.25, 0.3) is 0 Å². The first kappa shape index (κ1) is 18.6. The van der Waals surface area contributed by atoms with Crippen LogP contribution in [0.15, 0.2) is 30.3 Å². The summed E-state index contributed by atoms with van der Waals surface area (Å²) in [5, 5.41) is 3.74. The van der Waals surface area contributed by atoms with Gasteiger partial charge in [-0.05, 0) is 51.1 Å². The zero-order valence-electron chi connectivity index (χ0n) is 17.0. The lowest BCUT2D eigenvalue weighted by Gasteiger charge is -2.48. The lowest BCUT2D eigenvalue weighted by atomic mass is 9.68. The number of rotatable bonds is 3. The van der Waals surface area contributed by atoms with Crippen LogP contribution in [0.3, 0.4) is 0 Å². The first-order valence-electron chi connectivity index (χ1n) is 11.0. The van der Waals surface area contributed by atoms with Crippen LogP contribution in [-0.4, -0.2) is 73.2 Å². The van der Waals surface area contributed by atoms with E-state index >= 15 is 0 Å². The van der Waals surface area contributed by atoms with Crippen molar-refractivity contribution < 1.29 is 9.53 Å². The van der Waals surface area contributed by atoms with Crippen molar-refractivity contribution in [3.05, 3.63) is 35.9 Å². The highest BCUT2D eigenvalue weighted by molar-refractivity contribution is 5.85. The molecule has 4 aliphatic heterocycles. The Balaban J connectivity index is 1.33. The lowest BCUT2D eigenvalue weighted by Crippen LogP contribution is -2.59. The number of likely N-dealkylation sites (tertiary alicyclic amines) is 1. The van der Waals surface area contributed by atoms with E-state index in [0.29, 0.717) is 18.0 Å². The first-order valence-corrected chi connectivity index (χ1v) is 11.0. The fourth-order valence-electron chi connectivity index (χ4n) is 6.23. The maximum Gasteiger partial charge on any atom is 0.230 e. The zero-order valence-corrected chi connectivity index (χ0v) is 17.0. The zero-order chi connectivity index (χ0) is 19.2. The van der Waals surface area contributed by atoms with E-state index in [1.165, 1.54) is 12.0 Å². The summed E-state index contributed by atoms with van der Waals surface area (Å²) in [4.78, 5) is 18.4. The molecule has 1 spiro atoms. The Bertz CT molecular complexity index is 716. The maximum atomic E-state index is 13.9. The second-order valence-electron chi connectivity index (χ2n) is 9.58. The van der Waals surface area contributed by atoms with E-state index in [-0.39, 0.29) is 11.0 Å². The van der Waals surface area contributed by atoms with E-state index in [4.69, 9.17) is 4.74 Å². The Morgan fingerprint density at radius 3 is 2.61 bits per heavy atom. The van der Waals surface area contributed by atoms with Crippen LogP contribution in [0.5, 0.6) is 0 Å². The van der Waals surface area contributed by atoms with Crippen LogP contribution in [-0.2, 0) is 16.0 Å². The van der Waals surface area contributed by atoms with Crippen molar-refractivity contribution in [2.45, 2.75) is 56.2 Å². The van der Waals surface area contributed by atoms with Crippen molar-refractivity contribution >= 4 is 5.91 Å². The standard InChI is InChI=1S/C23H33N3O2/c1-25-13-14-28-22(17-25)9-11-26(12-10-22)21(27)23(15-18-5-3-2-4-6-18)16-19-7-8-20(23)24-19/h2-6,19-20,24H,7-17H2,1H3/t19-,20+,23+/m0/s1. The predicted octanol–water partition coefficient (Wildman–Crippen LogP) is 2.06. The van der Waals surface area contributed by atoms with Gasteiger partial charge in [0.2, 0.25) is 5.91 Å². The van der Waals surface area contributed by atoms with Crippen molar-refractivity contribution in [1.29, 1.82) is 0 Å². The number of carbonyl (C=O) groups excluding carboxylic acids is 1. The van der Waals surface area contributed by atoms with Gasteiger partial charge in [-0.3, -0.25) is 4.79 Å². The number of fused-ring (bicyclic) bond motifs is 2. The van der Waals surface area contributed by atoms with Gasteiger partial charge in [0.05, 0.1) is 17.6 Å². The Labute approximate surface area is 168 Å². The molecule has 4 heterocycles. The highest BCUT2D eigenvalue weighted by Gasteiger charge is 2.57. The van der Waals surface area contributed by atoms with Crippen molar-refractivity contribution in [2.75, 3.05) is 39.8 Å². The van der Waals surface area contributed by atoms with Crippen LogP contribution in [0.2, 0.25) is 0 Å². The molecule has 3 atom stereocenters. The molecule has 28 heavy (non-hydrogen) atoms. The Hall–Kier alpha value is -1.43. The van der Waals surface area contributed by atoms with E-state index in [1.807, 2.05) is 0 Å². The number of piperidine rings is 1. The van der Waals surface area contributed by atoms with Gasteiger partial charge in [-0.15, -0.1) is 0 Å². The van der Waals surface area contributed by atoms with Gasteiger partial charge in [-0.2, -0.15) is 0 Å². The van der Waals surface area contributed by atoms with E-state index in [2.05, 4.69) is 52.5 Å². The average molecular weight is 384 g/mol. The fraction of sp³-hybridized carbons (Fsp3) is 0.696. The summed E-state index contributed by atoms with van der Waals surface area (Å²) < 4.78 is 6.21. The van der Waals surface area contributed by atoms with E-state index in [1.54, 1.807) is 0 Å². The molecule has 0 aromatic heterocycles. The van der Waals surface area contributed by atoms with Gasteiger partial charge in [0.1, 0.15) is 0 Å². The third kappa shape index (κ3) is 3.17. The summed E-state index contributed by atoms with van der Waals surface area (Å²) >= 11 is 0. The number of amides is 1. The van der Waals surface area contributed by atoms with Gasteiger partial charge in [-0.1, -0.05) is 30.3 Å². The summed E-state index contributed by atoms with van der Waals surface area (Å²) in [7, 11) is 2.18. The molecular weight excluding hydrogens is 350 g/mol. The van der Waals surface area contributed by atoms with E-state index in [9.17, 15) is 4.79 Å². The third-order valence-corrected chi connectivity index (χ3v) is 7.71. The van der Waals surface area contributed by atoms with Crippen molar-refractivity contribution in [3.63, 3.8) is 0 Å². The minimum absolute atomic E-state index is 0.0384. The number of nitrogens with one attached hydrogen (secondary N) is 1. The topological polar surface area (TPSA) is 44.8 Å². The third-order valence-electron chi connectivity index (χ3n) is 7.71. The number of likely N-dealkylation sites (N-methyl/N-ethyl adjacent to an activating group) is 1. The molecule has 2 bridgehead atoms. The minimum atomic E-state index is -0.265. The number of ether oxygens (including phenoxy) is 1. The van der Waals surface area contributed by atoms with Crippen LogP contribution in [0.1, 0.15) is 37.7 Å². The Morgan fingerprint density at radius 2 is 1.96 bits per heavy atom. The molecule has 0 aliphatic carbocycles. The predicted molar refractivity (Wildman–Crippen MR) is 109 cm³/mol. The highest BCUT2D eigenvalue weighted by atomic mass is 16.5. The number of nitrogens with zero attached hydrogens (tertiary/aromatic N) is 2. The largest absolute Gasteiger partial charge is 0.372 e. The molecule has 5 rings (SSSR count). The number of benzene rings is 1. The summed E-state index contributed by atoms with van der Waals surface area (Å²) in [6.07, 6.45) is 6.14. The van der Waals surface area contributed by atoms with E-state index < -0.39 is 0 Å². The first-order chi connectivity index (χ1) is 13.6. The monoisotopic (exact) mass is 383 g/mol. The van der Waals surface area contributed by atoms with Gasteiger partial charge >= 0.3 is 0 Å². The molecule has 5 nitrogen and oxygen atoms in total. The smallest absolute Gasteiger partial charge is 0.230 e. The summed E-state index contributed by atoms with van der Waals surface area (Å²) in [5.41, 5.74) is 0.985. The second-order valence-corrected chi connectivity index (χ2v) is 9.58. The second kappa shape index (κ2) is 7.12. The molecule has 1 aromatic carbocycles. The normalized spacial score (nSPS) is 34.8. The molecule has 1 N–H and O–H groups in total. The molecule has 4 aliphatic rings. The van der Waals surface area contributed by atoms with Gasteiger partial charge in [0.15, 0.2) is 0 Å². The molecule has 0 unspecified atom stereocenters. The summed E-state index contributed by atoms with van der Waals surface area (Å²) in [6.45, 7) is 4.49. The molecule has 152 valence electrons. The quantitative estimate of drug-likeness (QED) is 0.868. The van der Waals surface area contributed by atoms with Crippen molar-refractivity contribution in [3.8, 4) is 0 Å². The molecule has 4 saturated heterocycles. The number of hydrogen-bond donors (Lipinski definition) is 1. The van der Waals surface area contributed by atoms with Gasteiger partial charge < -0.3 is 19.9 Å². The molecule has 0 saturated carbocycles. The average Bonchev–Trinajstić information content (AvgIpc) is 3.31. The minimum Gasteiger partial charge on any atom is -0.372 e. The summed E-state index contributed by atoms with van der Waals surface area (Å²) in [6, 6.07) is 11.5. The maximum absolute atomic E-state index is 13.9. The number of morpholine rings is 1. The highest BCUT2D eigenvalue weighted by Crippen LogP contribution is 2.47. The molecule has 4 fully saturated rings. The molecule has 1 amide bonds. The number of carbonyl (C=O) groups is 1. The van der Waals surface area contributed by atoms with E-state index in [0.717, 1.165) is 64.9 Å². The van der Waals surface area contributed by atoms with Crippen molar-refractivity contribution in [1.82, 2.24) is 15.1 Å². The van der Waals surface area contributed by atoms with Crippen molar-refractivity contribution in [2.24, 2.45) is 5.41 Å². The van der Waals surface area contributed by atoms with Crippen LogP contribution >= 0.6 is 0 Å². The van der Waals surface area contributed by atoms with Crippen LogP contribution in [0.25, 0.3) is 0 Å².